The molecule has 0 fully saturated rings. The van der Waals surface area contributed by atoms with Gasteiger partial charge in [-0.25, -0.2) is 0 Å². The summed E-state index contributed by atoms with van der Waals surface area (Å²) in [6.07, 6.45) is 7.34. The first-order chi connectivity index (χ1) is 9.22. The van der Waals surface area contributed by atoms with Crippen LogP contribution in [0.5, 0.6) is 0 Å². The average molecular weight is 387 g/mol. The normalized spacial score (nSPS) is 17.3. The molecule has 0 saturated carbocycles. The summed E-state index contributed by atoms with van der Waals surface area (Å²) in [5.41, 5.74) is 2.30. The van der Waals surface area contributed by atoms with Crippen molar-refractivity contribution < 1.29 is 4.42 Å². The molecule has 0 spiro atoms. The zero-order chi connectivity index (χ0) is 13.2. The Morgan fingerprint density at radius 2 is 2.40 bits per heavy atom. The van der Waals surface area contributed by atoms with Crippen LogP contribution in [-0.2, 0) is 13.6 Å². The molecule has 1 unspecified atom stereocenters. The number of rotatable bonds is 3. The first-order valence-electron chi connectivity index (χ1n) is 6.24. The molecule has 6 nitrogen and oxygen atoms in total. The van der Waals surface area contributed by atoms with E-state index in [-0.39, 0.29) is 30.0 Å². The number of furan rings is 1. The predicted octanol–water partition coefficient (Wildman–Crippen LogP) is 1.76. The van der Waals surface area contributed by atoms with Crippen molar-refractivity contribution in [2.75, 3.05) is 13.6 Å². The highest BCUT2D eigenvalue weighted by molar-refractivity contribution is 14.0. The summed E-state index contributed by atoms with van der Waals surface area (Å²) in [4.78, 5) is 6.63. The third-order valence-electron chi connectivity index (χ3n) is 3.22. The molecule has 3 rings (SSSR count). The van der Waals surface area contributed by atoms with Gasteiger partial charge in [-0.3, -0.25) is 9.67 Å². The number of guanidine groups is 1. The van der Waals surface area contributed by atoms with Gasteiger partial charge in [-0.1, -0.05) is 0 Å². The lowest BCUT2D eigenvalue weighted by atomic mass is 10.2. The van der Waals surface area contributed by atoms with Crippen LogP contribution in [0.4, 0.5) is 0 Å². The van der Waals surface area contributed by atoms with E-state index in [0.717, 1.165) is 30.2 Å². The minimum atomic E-state index is 0. The highest BCUT2D eigenvalue weighted by Gasteiger charge is 2.22. The Balaban J connectivity index is 0.00000147. The fourth-order valence-corrected chi connectivity index (χ4v) is 2.20. The summed E-state index contributed by atoms with van der Waals surface area (Å²) in [5.74, 6) is 0.912. The minimum absolute atomic E-state index is 0. The minimum Gasteiger partial charge on any atom is -0.472 e. The van der Waals surface area contributed by atoms with E-state index in [1.165, 1.54) is 0 Å². The molecular formula is C13H18IN5O. The predicted molar refractivity (Wildman–Crippen MR) is 87.0 cm³/mol. The van der Waals surface area contributed by atoms with Gasteiger partial charge in [-0.05, 0) is 6.07 Å². The molecule has 1 aliphatic heterocycles. The van der Waals surface area contributed by atoms with Crippen molar-refractivity contribution >= 4 is 29.9 Å². The van der Waals surface area contributed by atoms with E-state index in [2.05, 4.69) is 20.3 Å². The number of aryl methyl sites for hydroxylation is 1. The summed E-state index contributed by atoms with van der Waals surface area (Å²) >= 11 is 0. The average Bonchev–Trinajstić information content (AvgIpc) is 3.07. The van der Waals surface area contributed by atoms with E-state index in [1.807, 2.05) is 37.2 Å². The van der Waals surface area contributed by atoms with Gasteiger partial charge < -0.3 is 14.6 Å². The number of nitrogens with zero attached hydrogens (tertiary/aromatic N) is 4. The van der Waals surface area contributed by atoms with Crippen LogP contribution in [-0.4, -0.2) is 34.2 Å². The molecule has 20 heavy (non-hydrogen) atoms. The Kier molecular flexibility index (Phi) is 4.69. The maximum atomic E-state index is 5.07. The molecule has 0 bridgehead atoms. The van der Waals surface area contributed by atoms with Gasteiger partial charge in [0.15, 0.2) is 5.96 Å². The van der Waals surface area contributed by atoms with Gasteiger partial charge >= 0.3 is 0 Å². The van der Waals surface area contributed by atoms with Crippen LogP contribution in [0.2, 0.25) is 0 Å². The SMILES string of the molecule is CN(Cc1ccoc1)C1=NCC(c2cnn(C)c2)N1.I. The first kappa shape index (κ1) is 14.9. The number of hydrogen-bond donors (Lipinski definition) is 1. The zero-order valence-electron chi connectivity index (χ0n) is 11.5. The maximum Gasteiger partial charge on any atom is 0.194 e. The fraction of sp³-hybridized carbons (Fsp3) is 0.385. The molecule has 7 heteroatoms. The standard InChI is InChI=1S/C13H17N5O.HI/c1-17(7-10-3-4-19-9-10)13-14-6-12(16-13)11-5-15-18(2)8-11;/h3-5,8-9,12H,6-7H2,1-2H3,(H,14,16);1H. The van der Waals surface area contributed by atoms with Crippen LogP contribution in [0.3, 0.4) is 0 Å². The smallest absolute Gasteiger partial charge is 0.194 e. The van der Waals surface area contributed by atoms with Crippen LogP contribution in [0.25, 0.3) is 0 Å². The molecule has 108 valence electrons. The molecule has 2 aromatic heterocycles. The molecule has 1 N–H and O–H groups in total. The third kappa shape index (κ3) is 3.14. The van der Waals surface area contributed by atoms with Crippen molar-refractivity contribution in [2.24, 2.45) is 12.0 Å². The second kappa shape index (κ2) is 6.29. The van der Waals surface area contributed by atoms with E-state index in [4.69, 9.17) is 4.42 Å². The quantitative estimate of drug-likeness (QED) is 0.816. The van der Waals surface area contributed by atoms with E-state index in [0.29, 0.717) is 0 Å². The first-order valence-corrected chi connectivity index (χ1v) is 6.24. The summed E-state index contributed by atoms with van der Waals surface area (Å²) in [5, 5.41) is 7.62. The second-order valence-corrected chi connectivity index (χ2v) is 4.80. The Morgan fingerprint density at radius 1 is 1.55 bits per heavy atom. The lowest BCUT2D eigenvalue weighted by Crippen LogP contribution is -2.36. The maximum absolute atomic E-state index is 5.07. The molecule has 0 aromatic carbocycles. The highest BCUT2D eigenvalue weighted by atomic mass is 127. The fourth-order valence-electron chi connectivity index (χ4n) is 2.20. The van der Waals surface area contributed by atoms with Crippen molar-refractivity contribution in [1.82, 2.24) is 20.0 Å². The van der Waals surface area contributed by atoms with Crippen LogP contribution in [0.1, 0.15) is 17.2 Å². The largest absolute Gasteiger partial charge is 0.472 e. The van der Waals surface area contributed by atoms with Gasteiger partial charge in [-0.15, -0.1) is 24.0 Å². The lowest BCUT2D eigenvalue weighted by Gasteiger charge is -2.19. The van der Waals surface area contributed by atoms with Crippen LogP contribution in [0, 0.1) is 0 Å². The molecule has 0 radical (unpaired) electrons. The summed E-state index contributed by atoms with van der Waals surface area (Å²) < 4.78 is 6.88. The van der Waals surface area contributed by atoms with Gasteiger partial charge in [0.2, 0.25) is 0 Å². The van der Waals surface area contributed by atoms with Gasteiger partial charge in [0.1, 0.15) is 0 Å². The second-order valence-electron chi connectivity index (χ2n) is 4.80. The molecule has 1 aliphatic rings. The van der Waals surface area contributed by atoms with Crippen molar-refractivity contribution in [3.05, 3.63) is 42.1 Å². The molecule has 0 saturated heterocycles. The van der Waals surface area contributed by atoms with E-state index >= 15 is 0 Å². The topological polar surface area (TPSA) is 58.6 Å². The van der Waals surface area contributed by atoms with Crippen molar-refractivity contribution in [2.45, 2.75) is 12.6 Å². The van der Waals surface area contributed by atoms with Gasteiger partial charge in [0.05, 0.1) is 31.3 Å². The Hall–Kier alpha value is -1.51. The molecule has 3 heterocycles. The number of halogens is 1. The van der Waals surface area contributed by atoms with Crippen molar-refractivity contribution in [3.63, 3.8) is 0 Å². The van der Waals surface area contributed by atoms with Crippen molar-refractivity contribution in [3.8, 4) is 0 Å². The number of nitrogens with one attached hydrogen (secondary N) is 1. The molecule has 0 amide bonds. The Morgan fingerprint density at radius 3 is 3.05 bits per heavy atom. The number of aliphatic imine (C=N–C) groups is 1. The van der Waals surface area contributed by atoms with Gasteiger partial charge in [0, 0.05) is 38.0 Å². The third-order valence-corrected chi connectivity index (χ3v) is 3.22. The number of aromatic nitrogens is 2. The number of hydrogen-bond acceptors (Lipinski definition) is 5. The van der Waals surface area contributed by atoms with Gasteiger partial charge in [0.25, 0.3) is 0 Å². The Bertz CT molecular complexity index is 577. The van der Waals surface area contributed by atoms with Crippen LogP contribution in [0.15, 0.2) is 40.4 Å². The van der Waals surface area contributed by atoms with E-state index < -0.39 is 0 Å². The monoisotopic (exact) mass is 387 g/mol. The van der Waals surface area contributed by atoms with Crippen LogP contribution >= 0.6 is 24.0 Å². The summed E-state index contributed by atoms with van der Waals surface area (Å²) in [7, 11) is 3.94. The molecule has 0 aliphatic carbocycles. The van der Waals surface area contributed by atoms with E-state index in [1.54, 1.807) is 12.5 Å². The molecular weight excluding hydrogens is 369 g/mol. The van der Waals surface area contributed by atoms with Gasteiger partial charge in [-0.2, -0.15) is 5.10 Å². The molecule has 1 atom stereocenters. The summed E-state index contributed by atoms with van der Waals surface area (Å²) in [6.45, 7) is 1.53. The van der Waals surface area contributed by atoms with Crippen molar-refractivity contribution in [1.29, 1.82) is 0 Å². The molecule has 2 aromatic rings. The zero-order valence-corrected chi connectivity index (χ0v) is 13.8. The lowest BCUT2D eigenvalue weighted by molar-refractivity contribution is 0.474. The highest BCUT2D eigenvalue weighted by Crippen LogP contribution is 2.17. The summed E-state index contributed by atoms with van der Waals surface area (Å²) in [6, 6.07) is 2.18. The van der Waals surface area contributed by atoms with E-state index in [9.17, 15) is 0 Å². The Labute approximate surface area is 134 Å². The van der Waals surface area contributed by atoms with Crippen LogP contribution < -0.4 is 5.32 Å².